The van der Waals surface area contributed by atoms with E-state index in [2.05, 4.69) is 22.4 Å². The van der Waals surface area contributed by atoms with Crippen molar-refractivity contribution >= 4 is 66.8 Å². The highest BCUT2D eigenvalue weighted by Gasteiger charge is 1.31. The Morgan fingerprint density at radius 3 is 1.56 bits per heavy atom. The molecule has 8 heteroatoms. The summed E-state index contributed by atoms with van der Waals surface area (Å²) in [4.78, 5) is 0. The van der Waals surface area contributed by atoms with Crippen molar-refractivity contribution in [2.45, 2.75) is 7.43 Å². The molecule has 0 saturated carbocycles. The molecule has 0 amide bonds. The maximum absolute atomic E-state index is 5.00. The molecule has 9 heavy (non-hydrogen) atoms. The Morgan fingerprint density at radius 1 is 1.00 bits per heavy atom. The van der Waals surface area contributed by atoms with E-state index in [1.165, 1.54) is 17.8 Å². The molecular formula is CH25FS7. The van der Waals surface area contributed by atoms with Crippen LogP contribution in [0.1, 0.15) is 34.0 Å². The fourth-order valence-electron chi connectivity index (χ4n) is 0.0340. The molecule has 0 aromatic rings. The van der Waals surface area contributed by atoms with Gasteiger partial charge >= 0.3 is 0 Å². The summed E-state index contributed by atoms with van der Waals surface area (Å²) < 4.78 is 80.0. The van der Waals surface area contributed by atoms with Crippen LogP contribution in [0.2, 0.25) is 0 Å². The van der Waals surface area contributed by atoms with E-state index in [-0.39, 0.29) is 15.0 Å². The first-order valence-electron chi connectivity index (χ1n) is 9.00. The van der Waals surface area contributed by atoms with Gasteiger partial charge in [0, 0.05) is 93.4 Å². The molecule has 0 rings (SSSR count). The molecule has 0 nitrogen and oxygen atoms in total. The third-order valence-electron chi connectivity index (χ3n) is 0.111. The van der Waals surface area contributed by atoms with Crippen molar-refractivity contribution < 1.29 is 31.3 Å². The average Bonchev–Trinajstić information content (AvgIpc) is 2.74. The van der Waals surface area contributed by atoms with Gasteiger partial charge in [0.25, 0.3) is 0 Å². The van der Waals surface area contributed by atoms with E-state index in [0.717, 1.165) is 0 Å². The number of hydrogen-bond donors (Lipinski definition) is 0. The Morgan fingerprint density at radius 2 is 1.33 bits per heavy atom. The highest BCUT2D eigenvalue weighted by Crippen LogP contribution is 1.31. The Labute approximate surface area is 106 Å². The fraction of sp³-hybridized carbons (Fsp3) is 1.00. The minimum Gasteiger partial charge on any atom is -0.269 e. The second-order valence-corrected chi connectivity index (χ2v) is 9.19. The van der Waals surface area contributed by atoms with E-state index in [4.69, 9.17) is 23.8 Å². The molecule has 0 N–H and O–H groups in total. The van der Waals surface area contributed by atoms with Crippen molar-refractivity contribution in [1.82, 2.24) is 0 Å². The minimum absolute atomic E-state index is 0. The summed E-state index contributed by atoms with van der Waals surface area (Å²) in [7, 11) is 7.36. The lowest BCUT2D eigenvalue weighted by Gasteiger charge is -1.31. The van der Waals surface area contributed by atoms with Gasteiger partial charge in [0.2, 0.25) is 0 Å². The van der Waals surface area contributed by atoms with Crippen molar-refractivity contribution in [3.05, 3.63) is 0 Å². The van der Waals surface area contributed by atoms with Gasteiger partial charge in [0.1, 0.15) is 0 Å². The third-order valence-corrected chi connectivity index (χ3v) is 9.00. The van der Waals surface area contributed by atoms with E-state index in [1.54, 1.807) is 26.6 Å². The van der Waals surface area contributed by atoms with Gasteiger partial charge in [-0.3, -0.25) is 4.70 Å². The maximum atomic E-state index is 5.00. The van der Waals surface area contributed by atoms with Crippen LogP contribution in [0.4, 0.5) is 4.70 Å². The molecule has 78 valence electrons. The zero-order valence-electron chi connectivity index (χ0n) is 19.3. The van der Waals surface area contributed by atoms with Crippen LogP contribution in [0, 0.1) is 0 Å². The first-order chi connectivity index (χ1) is 11.4. The molecule has 0 aliphatic rings. The third kappa shape index (κ3) is 17.7. The summed E-state index contributed by atoms with van der Waals surface area (Å²) in [6.45, 7) is 0. The van der Waals surface area contributed by atoms with Crippen molar-refractivity contribution in [3.63, 3.8) is 0 Å². The smallest absolute Gasteiger partial charge is 0 e. The van der Waals surface area contributed by atoms with Crippen LogP contribution in [0.3, 0.4) is 0 Å². The summed E-state index contributed by atoms with van der Waals surface area (Å²) in [6.07, 6.45) is 0. The number of halogens is 1. The van der Waals surface area contributed by atoms with E-state index >= 15 is 0 Å². The molecule has 0 aromatic carbocycles. The van der Waals surface area contributed by atoms with Crippen molar-refractivity contribution in [3.8, 4) is 0 Å². The molecule has 0 spiro atoms. The molecule has 0 radical (unpaired) electrons. The topological polar surface area (TPSA) is 0 Å². The first kappa shape index (κ1) is 3.92. The summed E-state index contributed by atoms with van der Waals surface area (Å²) in [5.41, 5.74) is 0. The summed E-state index contributed by atoms with van der Waals surface area (Å²) in [5, 5.41) is 0. The Hall–Kier alpha value is 1.47. The second kappa shape index (κ2) is 16.2. The molecule has 0 atom stereocenters. The van der Waals surface area contributed by atoms with Gasteiger partial charge in [-0.1, -0.05) is 7.43 Å². The van der Waals surface area contributed by atoms with Gasteiger partial charge in [0.05, 0.1) is 0 Å². The van der Waals surface area contributed by atoms with Gasteiger partial charge in [-0.25, -0.2) is 0 Å². The lowest BCUT2D eigenvalue weighted by Crippen LogP contribution is -1.31. The Kier molecular flexibility index (Phi) is 7.08. The lowest BCUT2D eigenvalue weighted by atomic mass is 12.0. The highest BCUT2D eigenvalue weighted by molar-refractivity contribution is 8.68. The lowest BCUT2D eigenvalue weighted by molar-refractivity contribution is 1.11. The van der Waals surface area contributed by atoms with Crippen molar-refractivity contribution in [1.29, 1.82) is 0 Å². The maximum Gasteiger partial charge on any atom is 0 e. The van der Waals surface area contributed by atoms with Gasteiger partial charge in [-0.05, 0) is 0 Å². The average molecular weight is 299 g/mol. The molecule has 0 saturated heterocycles. The standard InChI is InChI=1S/CH4.FH.S7.10H2/c;;1-3-5-7-6-4-2;;;;;;;;;;/h1H4;1H;;10*1H/i;;;8*1+1D;2*1+1. The number of hydrogen-bond acceptors (Lipinski definition) is 2. The highest BCUT2D eigenvalue weighted by atomic mass is 33.4. The quantitative estimate of drug-likeness (QED) is 0.673. The first-order valence-corrected chi connectivity index (χ1v) is 9.00. The molecule has 0 bridgehead atoms. The zero-order chi connectivity index (χ0) is 21.5. The molecule has 0 aromatic heterocycles. The molecule has 0 aliphatic heterocycles. The predicted octanol–water partition coefficient (Wildman–Crippen LogP) is 3.23. The Bertz CT molecular complexity index is 216. The van der Waals surface area contributed by atoms with Crippen LogP contribution in [0.5, 0.6) is 0 Å². The van der Waals surface area contributed by atoms with Crippen LogP contribution in [0.25, 0.3) is 0 Å². The summed E-state index contributed by atoms with van der Waals surface area (Å²) in [6, 6.07) is 0. The largest absolute Gasteiger partial charge is 0.269 e. The van der Waals surface area contributed by atoms with Gasteiger partial charge in [0.15, 0.2) is 0 Å². The van der Waals surface area contributed by atoms with Gasteiger partial charge in [-0.15, -0.1) is 0 Å². The molecule has 0 unspecified atom stereocenters. The van der Waals surface area contributed by atoms with Crippen LogP contribution in [0.15, 0.2) is 0 Å². The molecular weight excluding hydrogens is 255 g/mol. The van der Waals surface area contributed by atoms with Crippen molar-refractivity contribution in [2.75, 3.05) is 0 Å². The van der Waals surface area contributed by atoms with Crippen LogP contribution < -0.4 is 0 Å². The molecule has 0 heterocycles. The van der Waals surface area contributed by atoms with Crippen LogP contribution in [-0.4, -0.2) is 0 Å². The van der Waals surface area contributed by atoms with Crippen molar-refractivity contribution in [2.24, 2.45) is 0 Å². The van der Waals surface area contributed by atoms with Crippen LogP contribution >= 0.6 is 0 Å². The predicted molar refractivity (Wildman–Crippen MR) is 81.9 cm³/mol. The Balaban J connectivity index is -0.00000000789. The fourth-order valence-corrected chi connectivity index (χ4v) is 8.27. The van der Waals surface area contributed by atoms with E-state index < -0.39 is 0 Å². The molecule has 0 fully saturated rings. The summed E-state index contributed by atoms with van der Waals surface area (Å²) in [5.74, 6) is 0. The minimum atomic E-state index is 0. The monoisotopic (exact) mass is 298 g/mol. The van der Waals surface area contributed by atoms with E-state index in [0.29, 0.717) is 0 Å². The van der Waals surface area contributed by atoms with E-state index in [1.807, 2.05) is 0 Å². The zero-order valence-corrected chi connectivity index (χ0v) is 8.98. The van der Waals surface area contributed by atoms with Crippen LogP contribution in [-0.2, 0) is 66.8 Å². The van der Waals surface area contributed by atoms with E-state index in [9.17, 15) is 0 Å². The summed E-state index contributed by atoms with van der Waals surface area (Å²) >= 11 is 9.14. The van der Waals surface area contributed by atoms with Gasteiger partial charge < -0.3 is 0 Å². The SMILES string of the molecule is C.F.S=S=S=S=S=S=S.[2HH].[2HH].[2H][2H].[2H][2H].[2H][2H].[2H][2H].[2H][2H].[2H][2H].[2H][2H].[2H][2H]. The number of rotatable bonds is 0. The normalized spacial score (nSPS) is 12.0. The van der Waals surface area contributed by atoms with Gasteiger partial charge in [-0.2, -0.15) is 0 Å². The molecule has 0 aliphatic carbocycles. The second-order valence-electron chi connectivity index (χ2n) is 0.340.